The molecule has 1 amide bonds. The highest BCUT2D eigenvalue weighted by Crippen LogP contribution is 2.44. The minimum atomic E-state index is -1.21. The third-order valence-electron chi connectivity index (χ3n) is 4.55. The van der Waals surface area contributed by atoms with E-state index in [1.807, 2.05) is 48.5 Å². The Morgan fingerprint density at radius 1 is 1.07 bits per heavy atom. The van der Waals surface area contributed by atoms with Crippen molar-refractivity contribution in [1.29, 1.82) is 0 Å². The first kappa shape index (κ1) is 18.9. The van der Waals surface area contributed by atoms with Crippen LogP contribution in [0.4, 0.5) is 4.79 Å². The van der Waals surface area contributed by atoms with Gasteiger partial charge in [0.1, 0.15) is 18.9 Å². The number of alkyl carbamates (subject to hydrolysis) is 1. The van der Waals surface area contributed by atoms with Crippen LogP contribution in [0, 0.1) is 0 Å². The summed E-state index contributed by atoms with van der Waals surface area (Å²) >= 11 is 0. The van der Waals surface area contributed by atoms with E-state index < -0.39 is 24.3 Å². The first-order valence-electron chi connectivity index (χ1n) is 8.73. The number of hydrogen-bond donors (Lipinski definition) is 4. The van der Waals surface area contributed by atoms with Gasteiger partial charge in [-0.15, -0.1) is 0 Å². The molecule has 142 valence electrons. The fourth-order valence-electron chi connectivity index (χ4n) is 3.27. The fraction of sp³-hybridized carbons (Fsp3) is 0.300. The highest BCUT2D eigenvalue weighted by Gasteiger charge is 2.29. The molecule has 7 nitrogen and oxygen atoms in total. The molecule has 2 aromatic carbocycles. The topological polar surface area (TPSA) is 108 Å². The van der Waals surface area contributed by atoms with Crippen LogP contribution in [0.2, 0.25) is 0 Å². The van der Waals surface area contributed by atoms with Gasteiger partial charge in [0.2, 0.25) is 0 Å². The summed E-state index contributed by atoms with van der Waals surface area (Å²) in [4.78, 5) is 23.3. The summed E-state index contributed by atoms with van der Waals surface area (Å²) in [6.45, 7) is 1.46. The number of benzene rings is 2. The molecule has 1 aliphatic rings. The molecule has 0 saturated heterocycles. The maximum atomic E-state index is 12.1. The summed E-state index contributed by atoms with van der Waals surface area (Å²) < 4.78 is 5.32. The molecule has 7 heteroatoms. The second-order valence-corrected chi connectivity index (χ2v) is 6.44. The Labute approximate surface area is 157 Å². The van der Waals surface area contributed by atoms with E-state index in [1.54, 1.807) is 0 Å². The highest BCUT2D eigenvalue weighted by atomic mass is 16.5. The molecule has 2 aromatic rings. The van der Waals surface area contributed by atoms with Crippen LogP contribution in [-0.2, 0) is 9.53 Å². The molecule has 0 fully saturated rings. The predicted molar refractivity (Wildman–Crippen MR) is 99.3 cm³/mol. The van der Waals surface area contributed by atoms with Crippen LogP contribution in [0.1, 0.15) is 24.0 Å². The number of carboxylic acid groups (broad SMARTS) is 1. The lowest BCUT2D eigenvalue weighted by atomic mass is 9.98. The Morgan fingerprint density at radius 2 is 1.63 bits per heavy atom. The van der Waals surface area contributed by atoms with E-state index in [4.69, 9.17) is 4.74 Å². The van der Waals surface area contributed by atoms with Gasteiger partial charge in [0.05, 0.1) is 0 Å². The lowest BCUT2D eigenvalue weighted by molar-refractivity contribution is -0.139. The Hall–Kier alpha value is -2.90. The number of carbonyl (C=O) groups is 2. The van der Waals surface area contributed by atoms with E-state index >= 15 is 0 Å². The van der Waals surface area contributed by atoms with Crippen molar-refractivity contribution in [3.63, 3.8) is 0 Å². The smallest absolute Gasteiger partial charge is 0.407 e. The molecule has 0 saturated carbocycles. The number of nitrogens with one attached hydrogen (secondary N) is 2. The van der Waals surface area contributed by atoms with Gasteiger partial charge in [-0.1, -0.05) is 48.5 Å². The van der Waals surface area contributed by atoms with Crippen LogP contribution in [0.3, 0.4) is 0 Å². The molecule has 27 heavy (non-hydrogen) atoms. The number of rotatable bonds is 7. The van der Waals surface area contributed by atoms with Gasteiger partial charge >= 0.3 is 12.1 Å². The average Bonchev–Trinajstić information content (AvgIpc) is 2.97. The quantitative estimate of drug-likeness (QED) is 0.555. The summed E-state index contributed by atoms with van der Waals surface area (Å²) in [5.74, 6) is -1.31. The predicted octanol–water partition coefficient (Wildman–Crippen LogP) is 1.91. The maximum Gasteiger partial charge on any atom is 0.407 e. The van der Waals surface area contributed by atoms with E-state index in [1.165, 1.54) is 6.92 Å². The zero-order valence-corrected chi connectivity index (χ0v) is 14.9. The lowest BCUT2D eigenvalue weighted by Gasteiger charge is -2.18. The summed E-state index contributed by atoms with van der Waals surface area (Å²) in [5, 5.41) is 23.3. The minimum Gasteiger partial charge on any atom is -0.480 e. The van der Waals surface area contributed by atoms with Crippen molar-refractivity contribution in [2.75, 3.05) is 13.2 Å². The molecular formula is C20H22N2O5. The Kier molecular flexibility index (Phi) is 5.73. The van der Waals surface area contributed by atoms with Crippen molar-refractivity contribution in [2.24, 2.45) is 0 Å². The van der Waals surface area contributed by atoms with Gasteiger partial charge in [-0.25, -0.2) is 9.59 Å². The van der Waals surface area contributed by atoms with Crippen molar-refractivity contribution in [3.05, 3.63) is 59.7 Å². The Morgan fingerprint density at radius 3 is 2.15 bits per heavy atom. The molecule has 0 radical (unpaired) electrons. The van der Waals surface area contributed by atoms with Crippen molar-refractivity contribution < 1.29 is 24.5 Å². The number of hydrogen-bond acceptors (Lipinski definition) is 5. The molecule has 0 aliphatic heterocycles. The second-order valence-electron chi connectivity index (χ2n) is 6.44. The summed E-state index contributed by atoms with van der Waals surface area (Å²) in [5.41, 5.74) is 4.40. The zero-order valence-electron chi connectivity index (χ0n) is 14.9. The van der Waals surface area contributed by atoms with Crippen molar-refractivity contribution >= 4 is 12.1 Å². The minimum absolute atomic E-state index is 0.0954. The monoisotopic (exact) mass is 370 g/mol. The highest BCUT2D eigenvalue weighted by molar-refractivity contribution is 5.81. The van der Waals surface area contributed by atoms with E-state index in [9.17, 15) is 19.8 Å². The first-order chi connectivity index (χ1) is 13.0. The SMILES string of the molecule is C[C@@H](O)NCC(NC(=O)OCC1c2ccccc2-c2ccccc21)C(=O)O. The van der Waals surface area contributed by atoms with Gasteiger partial charge < -0.3 is 20.3 Å². The maximum absolute atomic E-state index is 12.1. The Bertz CT molecular complexity index is 791. The molecule has 3 rings (SSSR count). The second kappa shape index (κ2) is 8.20. The van der Waals surface area contributed by atoms with Gasteiger partial charge in [0.25, 0.3) is 0 Å². The van der Waals surface area contributed by atoms with Crippen LogP contribution in [-0.4, -0.2) is 47.7 Å². The molecule has 0 heterocycles. The van der Waals surface area contributed by atoms with Gasteiger partial charge in [-0.2, -0.15) is 0 Å². The number of carboxylic acids is 1. The largest absolute Gasteiger partial charge is 0.480 e. The third-order valence-corrected chi connectivity index (χ3v) is 4.55. The zero-order chi connectivity index (χ0) is 19.4. The number of aliphatic carboxylic acids is 1. The van der Waals surface area contributed by atoms with E-state index in [0.717, 1.165) is 22.3 Å². The Balaban J connectivity index is 1.66. The normalized spacial score (nSPS) is 14.7. The third kappa shape index (κ3) is 4.27. The number of aliphatic hydroxyl groups is 1. The van der Waals surface area contributed by atoms with Crippen LogP contribution in [0.5, 0.6) is 0 Å². The summed E-state index contributed by atoms with van der Waals surface area (Å²) in [6, 6.07) is 14.7. The fourth-order valence-corrected chi connectivity index (χ4v) is 3.27. The molecule has 0 bridgehead atoms. The average molecular weight is 370 g/mol. The molecule has 1 unspecified atom stereocenters. The molecular weight excluding hydrogens is 348 g/mol. The van der Waals surface area contributed by atoms with E-state index in [-0.39, 0.29) is 19.1 Å². The molecule has 4 N–H and O–H groups in total. The van der Waals surface area contributed by atoms with Gasteiger partial charge in [-0.3, -0.25) is 5.32 Å². The number of aliphatic hydroxyl groups excluding tert-OH is 1. The van der Waals surface area contributed by atoms with E-state index in [0.29, 0.717) is 0 Å². The molecule has 0 aromatic heterocycles. The number of ether oxygens (including phenoxy) is 1. The standard InChI is InChI=1S/C20H22N2O5/c1-12(23)21-10-18(19(24)25)22-20(26)27-11-17-15-8-4-2-6-13(15)14-7-3-5-9-16(14)17/h2-9,12,17-18,21,23H,10-11H2,1H3,(H,22,26)(H,24,25)/t12-,18?/m1/s1. The lowest BCUT2D eigenvalue weighted by Crippen LogP contribution is -2.49. The number of carbonyl (C=O) groups excluding carboxylic acids is 1. The molecule has 0 spiro atoms. The van der Waals surface area contributed by atoms with Crippen molar-refractivity contribution in [1.82, 2.24) is 10.6 Å². The van der Waals surface area contributed by atoms with Crippen molar-refractivity contribution in [2.45, 2.75) is 25.1 Å². The van der Waals surface area contributed by atoms with Crippen LogP contribution >= 0.6 is 0 Å². The van der Waals surface area contributed by atoms with Gasteiger partial charge in [0.15, 0.2) is 0 Å². The summed E-state index contributed by atoms with van der Waals surface area (Å²) in [7, 11) is 0. The number of fused-ring (bicyclic) bond motifs is 3. The molecule has 1 aliphatic carbocycles. The van der Waals surface area contributed by atoms with Gasteiger partial charge in [0, 0.05) is 12.5 Å². The molecule has 2 atom stereocenters. The van der Waals surface area contributed by atoms with E-state index in [2.05, 4.69) is 10.6 Å². The van der Waals surface area contributed by atoms with Crippen molar-refractivity contribution in [3.8, 4) is 11.1 Å². The first-order valence-corrected chi connectivity index (χ1v) is 8.73. The van der Waals surface area contributed by atoms with Crippen LogP contribution in [0.15, 0.2) is 48.5 Å². The van der Waals surface area contributed by atoms with Crippen LogP contribution in [0.25, 0.3) is 11.1 Å². The number of amides is 1. The van der Waals surface area contributed by atoms with Crippen LogP contribution < -0.4 is 10.6 Å². The summed E-state index contributed by atoms with van der Waals surface area (Å²) in [6.07, 6.45) is -1.69. The van der Waals surface area contributed by atoms with Gasteiger partial charge in [-0.05, 0) is 29.2 Å².